The third-order valence-corrected chi connectivity index (χ3v) is 3.58. The van der Waals surface area contributed by atoms with E-state index in [0.29, 0.717) is 16.9 Å². The summed E-state index contributed by atoms with van der Waals surface area (Å²) in [5, 5.41) is 0.628. The largest absolute Gasteiger partial charge is 0.325 e. The lowest BCUT2D eigenvalue weighted by Crippen LogP contribution is -2.22. The van der Waals surface area contributed by atoms with Gasteiger partial charge in [0.15, 0.2) is 0 Å². The van der Waals surface area contributed by atoms with Crippen molar-refractivity contribution in [1.82, 2.24) is 4.98 Å². The van der Waals surface area contributed by atoms with E-state index in [4.69, 9.17) is 11.6 Å². The van der Waals surface area contributed by atoms with E-state index in [1.807, 2.05) is 0 Å². The Morgan fingerprint density at radius 3 is 2.44 bits per heavy atom. The van der Waals surface area contributed by atoms with Crippen LogP contribution in [0.2, 0.25) is 5.02 Å². The third-order valence-electron chi connectivity index (χ3n) is 3.26. The fraction of sp³-hybridized carbons (Fsp3) is 0.615. The second kappa shape index (κ2) is 3.63. The fourth-order valence-electron chi connectivity index (χ4n) is 2.22. The van der Waals surface area contributed by atoms with E-state index < -0.39 is 0 Å². The number of hydrogen-bond donors (Lipinski definition) is 1. The molecule has 1 N–H and O–H groups in total. The van der Waals surface area contributed by atoms with Crippen molar-refractivity contribution >= 4 is 11.6 Å². The molecule has 88 valence electrons. The van der Waals surface area contributed by atoms with Gasteiger partial charge in [-0.2, -0.15) is 0 Å². The van der Waals surface area contributed by atoms with E-state index >= 15 is 0 Å². The van der Waals surface area contributed by atoms with Crippen LogP contribution in [0.15, 0.2) is 10.9 Å². The molecule has 0 amide bonds. The van der Waals surface area contributed by atoms with E-state index in [0.717, 1.165) is 11.3 Å². The minimum absolute atomic E-state index is 0.0678. The van der Waals surface area contributed by atoms with Crippen LogP contribution in [-0.2, 0) is 5.41 Å². The summed E-state index contributed by atoms with van der Waals surface area (Å²) in [6, 6.07) is 1.50. The van der Waals surface area contributed by atoms with Crippen molar-refractivity contribution in [2.45, 2.75) is 45.4 Å². The maximum atomic E-state index is 11.5. The molecule has 2 rings (SSSR count). The molecule has 1 aliphatic carbocycles. The minimum Gasteiger partial charge on any atom is -0.325 e. The molecular weight excluding hydrogens is 222 g/mol. The monoisotopic (exact) mass is 239 g/mol. The minimum atomic E-state index is -0.105. The number of pyridine rings is 1. The van der Waals surface area contributed by atoms with Crippen molar-refractivity contribution in [3.05, 3.63) is 32.7 Å². The molecule has 0 bridgehead atoms. The van der Waals surface area contributed by atoms with Crippen LogP contribution in [0.4, 0.5) is 0 Å². The maximum Gasteiger partial charge on any atom is 0.249 e. The van der Waals surface area contributed by atoms with Crippen LogP contribution in [0.25, 0.3) is 0 Å². The summed E-state index contributed by atoms with van der Waals surface area (Å²) in [4.78, 5) is 14.5. The molecule has 1 aliphatic rings. The van der Waals surface area contributed by atoms with Crippen LogP contribution < -0.4 is 5.56 Å². The Bertz CT molecular complexity index is 470. The lowest BCUT2D eigenvalue weighted by molar-refractivity contribution is 0.557. The Morgan fingerprint density at radius 2 is 2.00 bits per heavy atom. The SMILES string of the molecule is CC1CC1c1c(Cl)cc(=O)[nH]c1C(C)(C)C. The predicted molar refractivity (Wildman–Crippen MR) is 67.3 cm³/mol. The summed E-state index contributed by atoms with van der Waals surface area (Å²) in [5.74, 6) is 1.21. The molecule has 1 fully saturated rings. The van der Waals surface area contributed by atoms with Crippen molar-refractivity contribution in [1.29, 1.82) is 0 Å². The van der Waals surface area contributed by atoms with Gasteiger partial charge in [0.2, 0.25) is 5.56 Å². The van der Waals surface area contributed by atoms with Crippen LogP contribution in [0.3, 0.4) is 0 Å². The zero-order chi connectivity index (χ0) is 12.1. The lowest BCUT2D eigenvalue weighted by atomic mass is 9.86. The molecule has 0 saturated heterocycles. The first-order valence-corrected chi connectivity index (χ1v) is 6.11. The van der Waals surface area contributed by atoms with Gasteiger partial charge in [0.25, 0.3) is 0 Å². The molecule has 3 heteroatoms. The molecule has 1 aromatic rings. The number of hydrogen-bond acceptors (Lipinski definition) is 1. The van der Waals surface area contributed by atoms with Gasteiger partial charge in [0.1, 0.15) is 0 Å². The molecule has 2 atom stereocenters. The van der Waals surface area contributed by atoms with Gasteiger partial charge in [0, 0.05) is 17.2 Å². The topological polar surface area (TPSA) is 32.9 Å². The van der Waals surface area contributed by atoms with E-state index in [1.165, 1.54) is 12.5 Å². The van der Waals surface area contributed by atoms with Crippen LogP contribution in [0.1, 0.15) is 51.3 Å². The number of aromatic nitrogens is 1. The Balaban J connectivity index is 2.61. The maximum absolute atomic E-state index is 11.5. The quantitative estimate of drug-likeness (QED) is 0.800. The number of rotatable bonds is 1. The molecule has 1 aromatic heterocycles. The standard InChI is InChI=1S/C13H18ClNO/c1-7-5-8(7)11-9(14)6-10(16)15-12(11)13(2,3)4/h6-8H,5H2,1-4H3,(H,15,16). The Labute approximate surface area is 101 Å². The third kappa shape index (κ3) is 2.03. The van der Waals surface area contributed by atoms with Crippen molar-refractivity contribution in [3.8, 4) is 0 Å². The fourth-order valence-corrected chi connectivity index (χ4v) is 2.55. The summed E-state index contributed by atoms with van der Waals surface area (Å²) >= 11 is 6.22. The van der Waals surface area contributed by atoms with Gasteiger partial charge < -0.3 is 4.98 Å². The average Bonchev–Trinajstić information content (AvgIpc) is 2.79. The highest BCUT2D eigenvalue weighted by molar-refractivity contribution is 6.31. The van der Waals surface area contributed by atoms with Gasteiger partial charge in [0.05, 0.1) is 5.02 Å². The highest BCUT2D eigenvalue weighted by Gasteiger charge is 2.39. The molecular formula is C13H18ClNO. The summed E-state index contributed by atoms with van der Waals surface area (Å²) in [7, 11) is 0. The number of aromatic amines is 1. The van der Waals surface area contributed by atoms with Crippen molar-refractivity contribution in [3.63, 3.8) is 0 Å². The first-order chi connectivity index (χ1) is 7.30. The van der Waals surface area contributed by atoms with E-state index in [-0.39, 0.29) is 11.0 Å². The van der Waals surface area contributed by atoms with Gasteiger partial charge in [-0.05, 0) is 23.8 Å². The Kier molecular flexibility index (Phi) is 2.66. The van der Waals surface area contributed by atoms with Crippen molar-refractivity contribution in [2.24, 2.45) is 5.92 Å². The number of halogens is 1. The van der Waals surface area contributed by atoms with Crippen LogP contribution in [-0.4, -0.2) is 4.98 Å². The van der Waals surface area contributed by atoms with Crippen molar-refractivity contribution in [2.75, 3.05) is 0 Å². The highest BCUT2D eigenvalue weighted by atomic mass is 35.5. The van der Waals surface area contributed by atoms with Crippen LogP contribution >= 0.6 is 11.6 Å². The summed E-state index contributed by atoms with van der Waals surface area (Å²) in [6.07, 6.45) is 1.18. The molecule has 1 saturated carbocycles. The van der Waals surface area contributed by atoms with Gasteiger partial charge in [-0.3, -0.25) is 4.79 Å². The number of H-pyrrole nitrogens is 1. The van der Waals surface area contributed by atoms with Gasteiger partial charge in [-0.25, -0.2) is 0 Å². The molecule has 0 aromatic carbocycles. The van der Waals surface area contributed by atoms with E-state index in [9.17, 15) is 4.79 Å². The molecule has 0 radical (unpaired) electrons. The first kappa shape index (κ1) is 11.7. The lowest BCUT2D eigenvalue weighted by Gasteiger charge is -2.23. The normalized spacial score (nSPS) is 24.6. The van der Waals surface area contributed by atoms with Gasteiger partial charge in [-0.1, -0.05) is 39.3 Å². The zero-order valence-electron chi connectivity index (χ0n) is 10.2. The second-order valence-corrected chi connectivity index (χ2v) is 6.25. The van der Waals surface area contributed by atoms with Crippen molar-refractivity contribution < 1.29 is 0 Å². The summed E-state index contributed by atoms with van der Waals surface area (Å²) in [5.41, 5.74) is 1.98. The second-order valence-electron chi connectivity index (χ2n) is 5.84. The summed E-state index contributed by atoms with van der Waals surface area (Å²) < 4.78 is 0. The Morgan fingerprint density at radius 1 is 1.44 bits per heavy atom. The molecule has 0 spiro atoms. The van der Waals surface area contributed by atoms with Crippen LogP contribution in [0, 0.1) is 5.92 Å². The number of nitrogens with one attached hydrogen (secondary N) is 1. The van der Waals surface area contributed by atoms with Gasteiger partial charge >= 0.3 is 0 Å². The van der Waals surface area contributed by atoms with Gasteiger partial charge in [-0.15, -0.1) is 0 Å². The molecule has 16 heavy (non-hydrogen) atoms. The Hall–Kier alpha value is -0.760. The molecule has 2 unspecified atom stereocenters. The first-order valence-electron chi connectivity index (χ1n) is 5.74. The smallest absolute Gasteiger partial charge is 0.249 e. The predicted octanol–water partition coefficient (Wildman–Crippen LogP) is 3.45. The molecule has 0 aliphatic heterocycles. The summed E-state index contributed by atoms with van der Waals surface area (Å²) in [6.45, 7) is 8.53. The molecule has 2 nitrogen and oxygen atoms in total. The molecule has 1 heterocycles. The van der Waals surface area contributed by atoms with E-state index in [2.05, 4.69) is 32.7 Å². The average molecular weight is 240 g/mol. The zero-order valence-corrected chi connectivity index (χ0v) is 11.0. The van der Waals surface area contributed by atoms with Crippen LogP contribution in [0.5, 0.6) is 0 Å². The van der Waals surface area contributed by atoms with E-state index in [1.54, 1.807) is 0 Å². The highest BCUT2D eigenvalue weighted by Crippen LogP contribution is 2.51.